The average Bonchev–Trinajstić information content (AvgIpc) is 3.37. The molecule has 1 aromatic heterocycles. The summed E-state index contributed by atoms with van der Waals surface area (Å²) in [7, 11) is 0. The molecule has 1 heterocycles. The van der Waals surface area contributed by atoms with E-state index in [2.05, 4.69) is 76.3 Å². The standard InChI is InChI=1S/C20H21N3S/c1-15-6-5-9-17(12-15)14-24-20-22-21-19(18-10-11-18)23(20)13-16-7-3-2-4-8-16/h2-9,12,18H,10-11,13-14H2,1H3. The number of rotatable bonds is 6. The minimum Gasteiger partial charge on any atom is -0.301 e. The highest BCUT2D eigenvalue weighted by molar-refractivity contribution is 7.98. The van der Waals surface area contributed by atoms with Gasteiger partial charge in [-0.25, -0.2) is 0 Å². The molecule has 0 saturated heterocycles. The molecule has 24 heavy (non-hydrogen) atoms. The van der Waals surface area contributed by atoms with Gasteiger partial charge in [0.15, 0.2) is 5.16 Å². The Morgan fingerprint density at radius 2 is 1.79 bits per heavy atom. The van der Waals surface area contributed by atoms with Crippen molar-refractivity contribution in [2.24, 2.45) is 0 Å². The smallest absolute Gasteiger partial charge is 0.191 e. The Bertz CT molecular complexity index is 822. The van der Waals surface area contributed by atoms with Gasteiger partial charge in [0.2, 0.25) is 0 Å². The summed E-state index contributed by atoms with van der Waals surface area (Å²) in [5.74, 6) is 2.69. The number of hydrogen-bond donors (Lipinski definition) is 0. The molecule has 4 heteroatoms. The summed E-state index contributed by atoms with van der Waals surface area (Å²) in [5.41, 5.74) is 3.94. The second kappa shape index (κ2) is 6.81. The molecule has 0 atom stereocenters. The van der Waals surface area contributed by atoms with Crippen molar-refractivity contribution in [2.75, 3.05) is 0 Å². The van der Waals surface area contributed by atoms with Crippen LogP contribution < -0.4 is 0 Å². The molecule has 122 valence electrons. The first-order valence-corrected chi connectivity index (χ1v) is 9.43. The van der Waals surface area contributed by atoms with Crippen molar-refractivity contribution in [1.29, 1.82) is 0 Å². The van der Waals surface area contributed by atoms with Crippen molar-refractivity contribution in [1.82, 2.24) is 14.8 Å². The second-order valence-corrected chi connectivity index (χ2v) is 7.41. The van der Waals surface area contributed by atoms with Gasteiger partial charge in [-0.15, -0.1) is 10.2 Å². The lowest BCUT2D eigenvalue weighted by molar-refractivity contribution is 0.667. The topological polar surface area (TPSA) is 30.7 Å². The lowest BCUT2D eigenvalue weighted by atomic mass is 10.2. The molecule has 0 bridgehead atoms. The van der Waals surface area contributed by atoms with E-state index in [4.69, 9.17) is 0 Å². The molecule has 0 spiro atoms. The van der Waals surface area contributed by atoms with Gasteiger partial charge in [-0.05, 0) is 30.9 Å². The minimum absolute atomic E-state index is 0.606. The highest BCUT2D eigenvalue weighted by Crippen LogP contribution is 2.40. The van der Waals surface area contributed by atoms with Crippen LogP contribution >= 0.6 is 11.8 Å². The Morgan fingerprint density at radius 3 is 2.54 bits per heavy atom. The van der Waals surface area contributed by atoms with Gasteiger partial charge in [0.25, 0.3) is 0 Å². The molecule has 0 aliphatic heterocycles. The van der Waals surface area contributed by atoms with Crippen molar-refractivity contribution in [2.45, 2.75) is 43.1 Å². The van der Waals surface area contributed by atoms with E-state index in [1.165, 1.54) is 29.5 Å². The fourth-order valence-corrected chi connectivity index (χ4v) is 3.80. The van der Waals surface area contributed by atoms with Crippen molar-refractivity contribution in [3.8, 4) is 0 Å². The summed E-state index contributed by atoms with van der Waals surface area (Å²) in [6.45, 7) is 2.99. The van der Waals surface area contributed by atoms with Crippen LogP contribution in [0.15, 0.2) is 59.8 Å². The zero-order chi connectivity index (χ0) is 16.4. The summed E-state index contributed by atoms with van der Waals surface area (Å²) >= 11 is 1.78. The molecule has 1 aliphatic rings. The van der Waals surface area contributed by atoms with E-state index in [9.17, 15) is 0 Å². The molecule has 1 aliphatic carbocycles. The molecule has 3 aromatic rings. The Labute approximate surface area is 147 Å². The van der Waals surface area contributed by atoms with Gasteiger partial charge in [-0.3, -0.25) is 0 Å². The van der Waals surface area contributed by atoms with Crippen LogP contribution in [-0.4, -0.2) is 14.8 Å². The number of aromatic nitrogens is 3. The third kappa shape index (κ3) is 3.54. The SMILES string of the molecule is Cc1cccc(CSc2nnc(C3CC3)n2Cc2ccccc2)c1. The first-order chi connectivity index (χ1) is 11.8. The molecule has 0 amide bonds. The van der Waals surface area contributed by atoms with E-state index in [0.717, 1.165) is 23.3 Å². The monoisotopic (exact) mass is 335 g/mol. The Balaban J connectivity index is 1.56. The first-order valence-electron chi connectivity index (χ1n) is 8.45. The van der Waals surface area contributed by atoms with Gasteiger partial charge in [-0.2, -0.15) is 0 Å². The van der Waals surface area contributed by atoms with E-state index in [-0.39, 0.29) is 0 Å². The molecule has 2 aromatic carbocycles. The van der Waals surface area contributed by atoms with Crippen LogP contribution in [0.25, 0.3) is 0 Å². The van der Waals surface area contributed by atoms with Gasteiger partial charge in [0, 0.05) is 11.7 Å². The summed E-state index contributed by atoms with van der Waals surface area (Å²) < 4.78 is 2.31. The van der Waals surface area contributed by atoms with Crippen LogP contribution in [0.2, 0.25) is 0 Å². The van der Waals surface area contributed by atoms with Gasteiger partial charge >= 0.3 is 0 Å². The number of aryl methyl sites for hydroxylation is 1. The van der Waals surface area contributed by atoms with Gasteiger partial charge in [0.05, 0.1) is 6.54 Å². The van der Waals surface area contributed by atoms with Crippen molar-refractivity contribution in [3.05, 3.63) is 77.1 Å². The van der Waals surface area contributed by atoms with E-state index < -0.39 is 0 Å². The number of hydrogen-bond acceptors (Lipinski definition) is 3. The van der Waals surface area contributed by atoms with Gasteiger partial charge in [-0.1, -0.05) is 71.9 Å². The number of nitrogens with zero attached hydrogens (tertiary/aromatic N) is 3. The lowest BCUT2D eigenvalue weighted by Gasteiger charge is -2.10. The van der Waals surface area contributed by atoms with Crippen molar-refractivity contribution >= 4 is 11.8 Å². The summed E-state index contributed by atoms with van der Waals surface area (Å²) in [6.07, 6.45) is 2.49. The zero-order valence-corrected chi connectivity index (χ0v) is 14.7. The second-order valence-electron chi connectivity index (χ2n) is 6.46. The van der Waals surface area contributed by atoms with Crippen molar-refractivity contribution < 1.29 is 0 Å². The Hall–Kier alpha value is -2.07. The summed E-state index contributed by atoms with van der Waals surface area (Å²) in [6, 6.07) is 19.3. The Kier molecular flexibility index (Phi) is 4.39. The van der Waals surface area contributed by atoms with E-state index in [1.807, 2.05) is 0 Å². The third-order valence-corrected chi connectivity index (χ3v) is 5.36. The maximum absolute atomic E-state index is 4.50. The molecular weight excluding hydrogens is 314 g/mol. The highest BCUT2D eigenvalue weighted by Gasteiger charge is 2.30. The van der Waals surface area contributed by atoms with E-state index in [1.54, 1.807) is 11.8 Å². The Morgan fingerprint density at radius 1 is 1.00 bits per heavy atom. The molecule has 0 unspecified atom stereocenters. The predicted molar refractivity (Wildman–Crippen MR) is 98.3 cm³/mol. The van der Waals surface area contributed by atoms with Gasteiger partial charge < -0.3 is 4.57 Å². The van der Waals surface area contributed by atoms with Crippen LogP contribution in [-0.2, 0) is 12.3 Å². The fraction of sp³-hybridized carbons (Fsp3) is 0.300. The van der Waals surface area contributed by atoms with E-state index >= 15 is 0 Å². The molecule has 0 radical (unpaired) electrons. The fourth-order valence-electron chi connectivity index (χ4n) is 2.91. The molecule has 1 fully saturated rings. The van der Waals surface area contributed by atoms with Crippen LogP contribution in [0.3, 0.4) is 0 Å². The maximum atomic E-state index is 4.50. The molecular formula is C20H21N3S. The van der Waals surface area contributed by atoms with Gasteiger partial charge in [0.1, 0.15) is 5.82 Å². The van der Waals surface area contributed by atoms with Crippen molar-refractivity contribution in [3.63, 3.8) is 0 Å². The van der Waals surface area contributed by atoms with Crippen LogP contribution in [0.4, 0.5) is 0 Å². The van der Waals surface area contributed by atoms with Crippen LogP contribution in [0.1, 0.15) is 41.3 Å². The molecule has 1 saturated carbocycles. The first kappa shape index (κ1) is 15.5. The van der Waals surface area contributed by atoms with Crippen LogP contribution in [0, 0.1) is 6.92 Å². The minimum atomic E-state index is 0.606. The summed E-state index contributed by atoms with van der Waals surface area (Å²) in [5, 5.41) is 10.0. The normalized spacial score (nSPS) is 14.0. The number of benzene rings is 2. The molecule has 0 N–H and O–H groups in total. The molecule has 3 nitrogen and oxygen atoms in total. The van der Waals surface area contributed by atoms with E-state index in [0.29, 0.717) is 5.92 Å². The largest absolute Gasteiger partial charge is 0.301 e. The lowest BCUT2D eigenvalue weighted by Crippen LogP contribution is -2.06. The zero-order valence-electron chi connectivity index (χ0n) is 13.9. The quantitative estimate of drug-likeness (QED) is 0.606. The predicted octanol–water partition coefficient (Wildman–Crippen LogP) is 4.80. The van der Waals surface area contributed by atoms with Crippen LogP contribution in [0.5, 0.6) is 0 Å². The highest BCUT2D eigenvalue weighted by atomic mass is 32.2. The molecule has 4 rings (SSSR count). The maximum Gasteiger partial charge on any atom is 0.191 e. The summed E-state index contributed by atoms with van der Waals surface area (Å²) in [4.78, 5) is 0. The number of thioether (sulfide) groups is 1. The average molecular weight is 335 g/mol. The third-order valence-electron chi connectivity index (χ3n) is 4.32.